The normalized spacial score (nSPS) is 21.4. The van der Waals surface area contributed by atoms with Crippen LogP contribution in [0.4, 0.5) is 5.69 Å². The van der Waals surface area contributed by atoms with E-state index in [9.17, 15) is 10.1 Å². The van der Waals surface area contributed by atoms with E-state index >= 15 is 0 Å². The number of rotatable bonds is 5. The molecule has 6 nitrogen and oxygen atoms in total. The summed E-state index contributed by atoms with van der Waals surface area (Å²) in [5, 5.41) is 11.3. The molecule has 130 valence electrons. The van der Waals surface area contributed by atoms with Gasteiger partial charge in [-0.3, -0.25) is 15.0 Å². The SMILES string of the molecule is O=[N+]([O-])c1cc2c(c(CN(C3CCCCC3)C3CC3)c1)OCOC2. The first-order valence-electron chi connectivity index (χ1n) is 8.99. The number of nitro benzene ring substituents is 1. The lowest BCUT2D eigenvalue weighted by Gasteiger charge is -2.35. The Morgan fingerprint density at radius 3 is 2.58 bits per heavy atom. The molecule has 6 heteroatoms. The summed E-state index contributed by atoms with van der Waals surface area (Å²) in [6, 6.07) is 4.53. The summed E-state index contributed by atoms with van der Waals surface area (Å²) in [7, 11) is 0. The molecule has 0 bridgehead atoms. The second-order valence-electron chi connectivity index (χ2n) is 7.16. The minimum absolute atomic E-state index is 0.136. The largest absolute Gasteiger partial charge is 0.467 e. The molecule has 24 heavy (non-hydrogen) atoms. The van der Waals surface area contributed by atoms with Gasteiger partial charge in [-0.25, -0.2) is 0 Å². The predicted octanol–water partition coefficient (Wildman–Crippen LogP) is 3.76. The summed E-state index contributed by atoms with van der Waals surface area (Å²) in [6.45, 7) is 1.36. The van der Waals surface area contributed by atoms with Crippen molar-refractivity contribution in [3.8, 4) is 5.75 Å². The second kappa shape index (κ2) is 6.69. The van der Waals surface area contributed by atoms with Crippen LogP contribution in [0, 0.1) is 10.1 Å². The summed E-state index contributed by atoms with van der Waals surface area (Å²) < 4.78 is 11.0. The second-order valence-corrected chi connectivity index (χ2v) is 7.16. The van der Waals surface area contributed by atoms with Crippen molar-refractivity contribution >= 4 is 5.69 Å². The molecule has 2 saturated carbocycles. The first-order valence-corrected chi connectivity index (χ1v) is 8.99. The van der Waals surface area contributed by atoms with Crippen molar-refractivity contribution in [2.45, 2.75) is 70.2 Å². The fourth-order valence-electron chi connectivity index (χ4n) is 4.08. The summed E-state index contributed by atoms with van der Waals surface area (Å²) in [4.78, 5) is 13.5. The summed E-state index contributed by atoms with van der Waals surface area (Å²) in [5.74, 6) is 0.799. The minimum atomic E-state index is -0.319. The van der Waals surface area contributed by atoms with Crippen molar-refractivity contribution in [3.63, 3.8) is 0 Å². The van der Waals surface area contributed by atoms with Gasteiger partial charge in [-0.05, 0) is 25.7 Å². The van der Waals surface area contributed by atoms with Crippen molar-refractivity contribution in [2.75, 3.05) is 6.79 Å². The molecule has 0 saturated heterocycles. The maximum Gasteiger partial charge on any atom is 0.270 e. The van der Waals surface area contributed by atoms with Crippen LogP contribution in [0.3, 0.4) is 0 Å². The van der Waals surface area contributed by atoms with Gasteiger partial charge in [0.05, 0.1) is 11.5 Å². The fourth-order valence-corrected chi connectivity index (χ4v) is 4.08. The van der Waals surface area contributed by atoms with Gasteiger partial charge in [0.25, 0.3) is 5.69 Å². The molecule has 4 rings (SSSR count). The van der Waals surface area contributed by atoms with Gasteiger partial charge < -0.3 is 9.47 Å². The van der Waals surface area contributed by atoms with Crippen molar-refractivity contribution in [1.82, 2.24) is 4.90 Å². The van der Waals surface area contributed by atoms with E-state index in [1.165, 1.54) is 44.9 Å². The van der Waals surface area contributed by atoms with Crippen LogP contribution in [-0.2, 0) is 17.9 Å². The molecule has 0 unspecified atom stereocenters. The average Bonchev–Trinajstić information content (AvgIpc) is 3.45. The van der Waals surface area contributed by atoms with Crippen LogP contribution in [0.5, 0.6) is 5.75 Å². The molecule has 3 aliphatic rings. The molecule has 2 fully saturated rings. The summed E-state index contributed by atoms with van der Waals surface area (Å²) >= 11 is 0. The molecule has 1 heterocycles. The smallest absolute Gasteiger partial charge is 0.270 e. The highest BCUT2D eigenvalue weighted by molar-refractivity contribution is 5.50. The van der Waals surface area contributed by atoms with E-state index in [1.807, 2.05) is 0 Å². The van der Waals surface area contributed by atoms with Crippen LogP contribution in [0.25, 0.3) is 0 Å². The van der Waals surface area contributed by atoms with Gasteiger partial charge in [-0.1, -0.05) is 19.3 Å². The van der Waals surface area contributed by atoms with Gasteiger partial charge in [-0.2, -0.15) is 0 Å². The van der Waals surface area contributed by atoms with Crippen LogP contribution in [0.1, 0.15) is 56.1 Å². The Kier molecular flexibility index (Phi) is 4.41. The molecule has 0 aromatic heterocycles. The Morgan fingerprint density at radius 1 is 1.12 bits per heavy atom. The Bertz CT molecular complexity index is 624. The lowest BCUT2D eigenvalue weighted by atomic mass is 9.93. The quantitative estimate of drug-likeness (QED) is 0.607. The number of non-ortho nitro benzene ring substituents is 1. The van der Waals surface area contributed by atoms with Crippen LogP contribution in [0.15, 0.2) is 12.1 Å². The van der Waals surface area contributed by atoms with E-state index < -0.39 is 0 Å². The number of ether oxygens (including phenoxy) is 2. The molecular formula is C18H24N2O4. The molecule has 0 radical (unpaired) electrons. The van der Waals surface area contributed by atoms with Gasteiger partial charge in [0.1, 0.15) is 5.75 Å². The lowest BCUT2D eigenvalue weighted by Crippen LogP contribution is -2.38. The molecule has 0 amide bonds. The van der Waals surface area contributed by atoms with Crippen molar-refractivity contribution < 1.29 is 14.4 Å². The minimum Gasteiger partial charge on any atom is -0.467 e. The molecular weight excluding hydrogens is 308 g/mol. The van der Waals surface area contributed by atoms with Gasteiger partial charge >= 0.3 is 0 Å². The van der Waals surface area contributed by atoms with Gasteiger partial charge in [0.2, 0.25) is 0 Å². The highest BCUT2D eigenvalue weighted by Gasteiger charge is 2.35. The number of fused-ring (bicyclic) bond motifs is 1. The third-order valence-corrected chi connectivity index (χ3v) is 5.40. The number of hydrogen-bond acceptors (Lipinski definition) is 5. The Hall–Kier alpha value is -1.66. The summed E-state index contributed by atoms with van der Waals surface area (Å²) in [5.41, 5.74) is 1.88. The van der Waals surface area contributed by atoms with Crippen LogP contribution in [-0.4, -0.2) is 28.7 Å². The molecule has 1 aromatic carbocycles. The van der Waals surface area contributed by atoms with E-state index in [2.05, 4.69) is 4.90 Å². The molecule has 0 N–H and O–H groups in total. The zero-order chi connectivity index (χ0) is 16.5. The van der Waals surface area contributed by atoms with Gasteiger partial charge in [0, 0.05) is 41.9 Å². The number of hydrogen-bond donors (Lipinski definition) is 0. The van der Waals surface area contributed by atoms with E-state index in [0.29, 0.717) is 18.7 Å². The number of nitro groups is 1. The van der Waals surface area contributed by atoms with Gasteiger partial charge in [-0.15, -0.1) is 0 Å². The third kappa shape index (κ3) is 3.26. The Balaban J connectivity index is 1.63. The van der Waals surface area contributed by atoms with Crippen LogP contribution < -0.4 is 4.74 Å². The monoisotopic (exact) mass is 332 g/mol. The topological polar surface area (TPSA) is 64.8 Å². The first kappa shape index (κ1) is 15.8. The van der Waals surface area contributed by atoms with Gasteiger partial charge in [0.15, 0.2) is 6.79 Å². The zero-order valence-electron chi connectivity index (χ0n) is 13.9. The molecule has 1 aromatic rings. The number of nitrogens with zero attached hydrogens (tertiary/aromatic N) is 2. The Labute approximate surface area is 141 Å². The van der Waals surface area contributed by atoms with Crippen molar-refractivity contribution in [3.05, 3.63) is 33.4 Å². The summed E-state index contributed by atoms with van der Waals surface area (Å²) in [6.07, 6.45) is 8.92. The van der Waals surface area contributed by atoms with Crippen LogP contribution >= 0.6 is 0 Å². The number of benzene rings is 1. The maximum atomic E-state index is 11.3. The van der Waals surface area contributed by atoms with Crippen LogP contribution in [0.2, 0.25) is 0 Å². The van der Waals surface area contributed by atoms with E-state index in [0.717, 1.165) is 23.4 Å². The van der Waals surface area contributed by atoms with E-state index in [4.69, 9.17) is 9.47 Å². The van der Waals surface area contributed by atoms with Crippen molar-refractivity contribution in [2.24, 2.45) is 0 Å². The highest BCUT2D eigenvalue weighted by atomic mass is 16.7. The standard InChI is InChI=1S/C18H24N2O4/c21-20(22)17-8-13(18-14(9-17)11-23-12-24-18)10-19(16-6-7-16)15-4-2-1-3-5-15/h8-9,15-16H,1-7,10-12H2. The third-order valence-electron chi connectivity index (χ3n) is 5.40. The molecule has 1 aliphatic heterocycles. The van der Waals surface area contributed by atoms with E-state index in [1.54, 1.807) is 12.1 Å². The fraction of sp³-hybridized carbons (Fsp3) is 0.667. The molecule has 2 aliphatic carbocycles. The highest BCUT2D eigenvalue weighted by Crippen LogP contribution is 2.39. The predicted molar refractivity (Wildman–Crippen MR) is 88.8 cm³/mol. The average molecular weight is 332 g/mol. The van der Waals surface area contributed by atoms with Crippen molar-refractivity contribution in [1.29, 1.82) is 0 Å². The zero-order valence-corrected chi connectivity index (χ0v) is 13.9. The Morgan fingerprint density at radius 2 is 1.88 bits per heavy atom. The first-order chi connectivity index (χ1) is 11.7. The molecule has 0 spiro atoms. The maximum absolute atomic E-state index is 11.3. The lowest BCUT2D eigenvalue weighted by molar-refractivity contribution is -0.385. The van der Waals surface area contributed by atoms with E-state index in [-0.39, 0.29) is 17.4 Å². The molecule has 0 atom stereocenters.